The van der Waals surface area contributed by atoms with Crippen molar-refractivity contribution in [2.45, 2.75) is 19.1 Å². The quantitative estimate of drug-likeness (QED) is 0.856. The Kier molecular flexibility index (Phi) is 7.04. The maximum atomic E-state index is 12.5. The van der Waals surface area contributed by atoms with Gasteiger partial charge in [-0.1, -0.05) is 0 Å². The van der Waals surface area contributed by atoms with E-state index in [-0.39, 0.29) is 36.5 Å². The molecule has 0 radical (unpaired) electrons. The van der Waals surface area contributed by atoms with Crippen LogP contribution in [0.4, 0.5) is 13.2 Å². The SMILES string of the molecule is CC1CNCCN1C(=O)CNC(=O)c1ccc(C(F)(F)F)cc1.Cl. The highest BCUT2D eigenvalue weighted by Gasteiger charge is 2.30. The first-order chi connectivity index (χ1) is 10.8. The molecular weight excluding hydrogens is 347 g/mol. The van der Waals surface area contributed by atoms with Gasteiger partial charge < -0.3 is 15.5 Å². The average Bonchev–Trinajstić information content (AvgIpc) is 2.52. The zero-order chi connectivity index (χ0) is 17.0. The molecule has 2 rings (SSSR count). The summed E-state index contributed by atoms with van der Waals surface area (Å²) < 4.78 is 37.4. The highest BCUT2D eigenvalue weighted by atomic mass is 35.5. The van der Waals surface area contributed by atoms with Crippen molar-refractivity contribution in [1.82, 2.24) is 15.5 Å². The van der Waals surface area contributed by atoms with Crippen molar-refractivity contribution in [1.29, 1.82) is 0 Å². The van der Waals surface area contributed by atoms with Gasteiger partial charge in [-0.15, -0.1) is 12.4 Å². The summed E-state index contributed by atoms with van der Waals surface area (Å²) in [6, 6.07) is 3.91. The molecule has 134 valence electrons. The second-order valence-electron chi connectivity index (χ2n) is 5.40. The Labute approximate surface area is 144 Å². The van der Waals surface area contributed by atoms with Crippen LogP contribution in [0.2, 0.25) is 0 Å². The minimum absolute atomic E-state index is 0. The molecule has 1 saturated heterocycles. The van der Waals surface area contributed by atoms with Gasteiger partial charge in [-0.25, -0.2) is 0 Å². The van der Waals surface area contributed by atoms with E-state index in [1.807, 2.05) is 6.92 Å². The molecule has 1 aliphatic rings. The summed E-state index contributed by atoms with van der Waals surface area (Å²) in [6.45, 7) is 3.68. The Hall–Kier alpha value is -1.80. The summed E-state index contributed by atoms with van der Waals surface area (Å²) in [5.74, 6) is -0.783. The molecule has 1 unspecified atom stereocenters. The van der Waals surface area contributed by atoms with Crippen LogP contribution in [0, 0.1) is 0 Å². The fraction of sp³-hybridized carbons (Fsp3) is 0.467. The fourth-order valence-electron chi connectivity index (χ4n) is 2.38. The monoisotopic (exact) mass is 365 g/mol. The molecule has 1 heterocycles. The van der Waals surface area contributed by atoms with Crippen LogP contribution in [-0.4, -0.2) is 48.9 Å². The van der Waals surface area contributed by atoms with Gasteiger partial charge in [0.1, 0.15) is 0 Å². The highest BCUT2D eigenvalue weighted by Crippen LogP contribution is 2.29. The van der Waals surface area contributed by atoms with E-state index in [0.717, 1.165) is 24.3 Å². The summed E-state index contributed by atoms with van der Waals surface area (Å²) in [5, 5.41) is 5.60. The number of benzene rings is 1. The molecule has 24 heavy (non-hydrogen) atoms. The first kappa shape index (κ1) is 20.2. The van der Waals surface area contributed by atoms with Crippen molar-refractivity contribution < 1.29 is 22.8 Å². The molecule has 1 atom stereocenters. The zero-order valence-corrected chi connectivity index (χ0v) is 13.8. The number of hydrogen-bond acceptors (Lipinski definition) is 3. The van der Waals surface area contributed by atoms with Crippen LogP contribution in [0.25, 0.3) is 0 Å². The summed E-state index contributed by atoms with van der Waals surface area (Å²) in [4.78, 5) is 25.6. The lowest BCUT2D eigenvalue weighted by molar-refractivity contribution is -0.137. The maximum Gasteiger partial charge on any atom is 0.416 e. The normalized spacial score (nSPS) is 17.8. The second kappa shape index (κ2) is 8.34. The average molecular weight is 366 g/mol. The van der Waals surface area contributed by atoms with Gasteiger partial charge in [0.2, 0.25) is 5.91 Å². The van der Waals surface area contributed by atoms with Crippen molar-refractivity contribution in [2.75, 3.05) is 26.2 Å². The molecule has 2 amide bonds. The Balaban J connectivity index is 0.00000288. The van der Waals surface area contributed by atoms with E-state index >= 15 is 0 Å². The number of alkyl halides is 3. The maximum absolute atomic E-state index is 12.5. The molecule has 0 bridgehead atoms. The van der Waals surface area contributed by atoms with Crippen LogP contribution in [0.5, 0.6) is 0 Å². The molecule has 1 aromatic carbocycles. The third-order valence-corrected chi connectivity index (χ3v) is 3.70. The molecule has 1 aliphatic heterocycles. The van der Waals surface area contributed by atoms with Crippen molar-refractivity contribution >= 4 is 24.2 Å². The predicted octanol–water partition coefficient (Wildman–Crippen LogP) is 1.68. The largest absolute Gasteiger partial charge is 0.416 e. The molecule has 1 fully saturated rings. The molecule has 5 nitrogen and oxygen atoms in total. The number of amides is 2. The Morgan fingerprint density at radius 3 is 2.46 bits per heavy atom. The summed E-state index contributed by atoms with van der Waals surface area (Å²) in [6.07, 6.45) is -4.44. The molecule has 0 aliphatic carbocycles. The zero-order valence-electron chi connectivity index (χ0n) is 13.0. The number of piperazine rings is 1. The van der Waals surface area contributed by atoms with Crippen molar-refractivity contribution in [3.8, 4) is 0 Å². The lowest BCUT2D eigenvalue weighted by Gasteiger charge is -2.34. The molecule has 1 aromatic rings. The van der Waals surface area contributed by atoms with E-state index in [2.05, 4.69) is 10.6 Å². The minimum Gasteiger partial charge on any atom is -0.343 e. The van der Waals surface area contributed by atoms with Crippen LogP contribution in [0.1, 0.15) is 22.8 Å². The van der Waals surface area contributed by atoms with E-state index < -0.39 is 17.6 Å². The third kappa shape index (κ3) is 5.10. The van der Waals surface area contributed by atoms with Crippen LogP contribution in [0.15, 0.2) is 24.3 Å². The number of hydrogen-bond donors (Lipinski definition) is 2. The molecule has 0 saturated carbocycles. The van der Waals surface area contributed by atoms with E-state index in [0.29, 0.717) is 19.6 Å². The lowest BCUT2D eigenvalue weighted by Crippen LogP contribution is -2.54. The molecule has 0 aromatic heterocycles. The minimum atomic E-state index is -4.44. The number of halogens is 4. The van der Waals surface area contributed by atoms with E-state index in [9.17, 15) is 22.8 Å². The van der Waals surface area contributed by atoms with Gasteiger partial charge in [-0.2, -0.15) is 13.2 Å². The van der Waals surface area contributed by atoms with Crippen molar-refractivity contribution in [2.24, 2.45) is 0 Å². The van der Waals surface area contributed by atoms with Gasteiger partial charge in [-0.3, -0.25) is 9.59 Å². The van der Waals surface area contributed by atoms with Crippen LogP contribution < -0.4 is 10.6 Å². The van der Waals surface area contributed by atoms with Gasteiger partial charge in [0, 0.05) is 31.2 Å². The standard InChI is InChI=1S/C15H18F3N3O2.ClH/c1-10-8-19-6-7-21(10)13(22)9-20-14(23)11-2-4-12(5-3-11)15(16,17)18;/h2-5,10,19H,6-9H2,1H3,(H,20,23);1H. The van der Waals surface area contributed by atoms with Gasteiger partial charge in [0.05, 0.1) is 12.1 Å². The topological polar surface area (TPSA) is 61.4 Å². The summed E-state index contributed by atoms with van der Waals surface area (Å²) >= 11 is 0. The van der Waals surface area contributed by atoms with Crippen LogP contribution in [-0.2, 0) is 11.0 Å². The predicted molar refractivity (Wildman–Crippen MR) is 85.1 cm³/mol. The lowest BCUT2D eigenvalue weighted by atomic mass is 10.1. The van der Waals surface area contributed by atoms with Gasteiger partial charge >= 0.3 is 6.18 Å². The van der Waals surface area contributed by atoms with Gasteiger partial charge in [0.15, 0.2) is 0 Å². The number of nitrogens with one attached hydrogen (secondary N) is 2. The number of nitrogens with zero attached hydrogens (tertiary/aromatic N) is 1. The summed E-state index contributed by atoms with van der Waals surface area (Å²) in [7, 11) is 0. The number of carbonyl (C=O) groups excluding carboxylic acids is 2. The molecule has 0 spiro atoms. The molecule has 9 heteroatoms. The molecular formula is C15H19ClF3N3O2. The van der Waals surface area contributed by atoms with E-state index in [1.165, 1.54) is 0 Å². The first-order valence-corrected chi connectivity index (χ1v) is 7.24. The Morgan fingerprint density at radius 2 is 1.92 bits per heavy atom. The smallest absolute Gasteiger partial charge is 0.343 e. The van der Waals surface area contributed by atoms with Gasteiger partial charge in [0.25, 0.3) is 5.91 Å². The molecule has 2 N–H and O–H groups in total. The number of carbonyl (C=O) groups is 2. The van der Waals surface area contributed by atoms with Gasteiger partial charge in [-0.05, 0) is 31.2 Å². The van der Waals surface area contributed by atoms with E-state index in [4.69, 9.17) is 0 Å². The third-order valence-electron chi connectivity index (χ3n) is 3.70. The van der Waals surface area contributed by atoms with Crippen molar-refractivity contribution in [3.63, 3.8) is 0 Å². The van der Waals surface area contributed by atoms with Crippen LogP contribution >= 0.6 is 12.4 Å². The fourth-order valence-corrected chi connectivity index (χ4v) is 2.38. The van der Waals surface area contributed by atoms with Crippen LogP contribution in [0.3, 0.4) is 0 Å². The second-order valence-corrected chi connectivity index (χ2v) is 5.40. The van der Waals surface area contributed by atoms with Crippen molar-refractivity contribution in [3.05, 3.63) is 35.4 Å². The van der Waals surface area contributed by atoms with E-state index in [1.54, 1.807) is 4.90 Å². The Bertz CT molecular complexity index is 578. The number of rotatable bonds is 3. The Morgan fingerprint density at radius 1 is 1.29 bits per heavy atom. The summed E-state index contributed by atoms with van der Waals surface area (Å²) in [5.41, 5.74) is -0.737. The highest BCUT2D eigenvalue weighted by molar-refractivity contribution is 5.96. The first-order valence-electron chi connectivity index (χ1n) is 7.24.